The van der Waals surface area contributed by atoms with Crippen molar-refractivity contribution in [2.24, 2.45) is 0 Å². The van der Waals surface area contributed by atoms with Crippen LogP contribution in [0.5, 0.6) is 0 Å². The van der Waals surface area contributed by atoms with Crippen molar-refractivity contribution in [3.05, 3.63) is 71.3 Å². The summed E-state index contributed by atoms with van der Waals surface area (Å²) in [4.78, 5) is 16.5. The Balaban J connectivity index is 1.65. The van der Waals surface area contributed by atoms with Crippen LogP contribution in [0.3, 0.4) is 0 Å². The quantitative estimate of drug-likeness (QED) is 0.838. The van der Waals surface area contributed by atoms with Gasteiger partial charge in [-0.2, -0.15) is 0 Å². The summed E-state index contributed by atoms with van der Waals surface area (Å²) in [5, 5.41) is 6.98. The number of piperazine rings is 1. The molecule has 0 spiro atoms. The standard InChI is InChI=1S/C24H32N4O/c1-19(29)28-15-12-26-17-23(18-28)21-8-5-9-22(16-21)24(20-6-3-2-4-7-20)27-13-10-25-11-14-27/h2-9,16,23-26H,10-15,17-18H2,1H3. The molecule has 0 saturated carbocycles. The Morgan fingerprint density at radius 2 is 1.66 bits per heavy atom. The van der Waals surface area contributed by atoms with Gasteiger partial charge in [-0.25, -0.2) is 0 Å². The van der Waals surface area contributed by atoms with E-state index in [4.69, 9.17) is 0 Å². The number of nitrogens with one attached hydrogen (secondary N) is 2. The fourth-order valence-corrected chi connectivity index (χ4v) is 4.59. The van der Waals surface area contributed by atoms with Gasteiger partial charge in [0.05, 0.1) is 6.04 Å². The summed E-state index contributed by atoms with van der Waals surface area (Å²) < 4.78 is 0. The van der Waals surface area contributed by atoms with Crippen LogP contribution < -0.4 is 10.6 Å². The van der Waals surface area contributed by atoms with Gasteiger partial charge in [-0.15, -0.1) is 0 Å². The lowest BCUT2D eigenvalue weighted by Gasteiger charge is -2.36. The molecule has 0 radical (unpaired) electrons. The minimum Gasteiger partial charge on any atom is -0.341 e. The van der Waals surface area contributed by atoms with Gasteiger partial charge < -0.3 is 15.5 Å². The average molecular weight is 393 g/mol. The fraction of sp³-hybridized carbons (Fsp3) is 0.458. The highest BCUT2D eigenvalue weighted by molar-refractivity contribution is 5.73. The lowest BCUT2D eigenvalue weighted by Crippen LogP contribution is -2.45. The maximum absolute atomic E-state index is 12.0. The van der Waals surface area contributed by atoms with Gasteiger partial charge in [-0.3, -0.25) is 9.69 Å². The fourth-order valence-electron chi connectivity index (χ4n) is 4.59. The van der Waals surface area contributed by atoms with Crippen molar-refractivity contribution in [1.82, 2.24) is 20.4 Å². The molecule has 1 amide bonds. The number of hydrogen-bond donors (Lipinski definition) is 2. The van der Waals surface area contributed by atoms with Crippen LogP contribution in [-0.2, 0) is 4.79 Å². The largest absolute Gasteiger partial charge is 0.341 e. The van der Waals surface area contributed by atoms with Crippen LogP contribution >= 0.6 is 0 Å². The molecule has 154 valence electrons. The molecule has 2 aromatic rings. The molecule has 2 saturated heterocycles. The molecule has 0 aliphatic carbocycles. The second-order valence-electron chi connectivity index (χ2n) is 8.14. The maximum atomic E-state index is 12.0. The van der Waals surface area contributed by atoms with E-state index in [0.29, 0.717) is 5.92 Å². The second kappa shape index (κ2) is 9.53. The number of amides is 1. The van der Waals surface area contributed by atoms with Crippen molar-refractivity contribution < 1.29 is 4.79 Å². The molecule has 4 rings (SSSR count). The molecule has 2 heterocycles. The van der Waals surface area contributed by atoms with Gasteiger partial charge in [0, 0.05) is 65.2 Å². The van der Waals surface area contributed by atoms with Crippen molar-refractivity contribution in [2.45, 2.75) is 18.9 Å². The van der Waals surface area contributed by atoms with E-state index in [1.807, 2.05) is 4.90 Å². The van der Waals surface area contributed by atoms with Gasteiger partial charge in [-0.1, -0.05) is 54.6 Å². The molecule has 2 aliphatic heterocycles. The molecule has 2 atom stereocenters. The van der Waals surface area contributed by atoms with Gasteiger partial charge >= 0.3 is 0 Å². The van der Waals surface area contributed by atoms with Gasteiger partial charge in [0.15, 0.2) is 0 Å². The predicted octanol–water partition coefficient (Wildman–Crippen LogP) is 2.22. The highest BCUT2D eigenvalue weighted by Gasteiger charge is 2.26. The molecule has 2 fully saturated rings. The zero-order chi connectivity index (χ0) is 20.1. The Hall–Kier alpha value is -2.21. The van der Waals surface area contributed by atoms with Gasteiger partial charge in [0.1, 0.15) is 0 Å². The Bertz CT molecular complexity index is 804. The lowest BCUT2D eigenvalue weighted by molar-refractivity contribution is -0.128. The van der Waals surface area contributed by atoms with Crippen LogP contribution in [0, 0.1) is 0 Å². The van der Waals surface area contributed by atoms with Crippen LogP contribution in [0.4, 0.5) is 0 Å². The summed E-state index contributed by atoms with van der Waals surface area (Å²) in [5.41, 5.74) is 4.00. The highest BCUT2D eigenvalue weighted by Crippen LogP contribution is 2.31. The maximum Gasteiger partial charge on any atom is 0.219 e. The van der Waals surface area contributed by atoms with Crippen LogP contribution in [0.15, 0.2) is 54.6 Å². The van der Waals surface area contributed by atoms with E-state index in [2.05, 4.69) is 70.1 Å². The van der Waals surface area contributed by atoms with E-state index in [9.17, 15) is 4.79 Å². The second-order valence-corrected chi connectivity index (χ2v) is 8.14. The molecule has 2 N–H and O–H groups in total. The molecule has 5 heteroatoms. The Kier molecular flexibility index (Phi) is 6.60. The average Bonchev–Trinajstić information content (AvgIpc) is 3.02. The van der Waals surface area contributed by atoms with Crippen LogP contribution in [0.25, 0.3) is 0 Å². The Morgan fingerprint density at radius 3 is 2.41 bits per heavy atom. The van der Waals surface area contributed by atoms with Crippen LogP contribution in [0.2, 0.25) is 0 Å². The highest BCUT2D eigenvalue weighted by atomic mass is 16.2. The van der Waals surface area contributed by atoms with Crippen LogP contribution in [0.1, 0.15) is 35.6 Å². The molecule has 2 aliphatic rings. The molecule has 5 nitrogen and oxygen atoms in total. The molecular formula is C24H32N4O. The lowest BCUT2D eigenvalue weighted by atomic mass is 9.91. The third-order valence-electron chi connectivity index (χ3n) is 6.17. The summed E-state index contributed by atoms with van der Waals surface area (Å²) in [6, 6.07) is 20.1. The number of hydrogen-bond acceptors (Lipinski definition) is 4. The van der Waals surface area contributed by atoms with E-state index in [0.717, 1.165) is 52.4 Å². The minimum absolute atomic E-state index is 0.165. The van der Waals surface area contributed by atoms with Crippen molar-refractivity contribution in [2.75, 3.05) is 52.4 Å². The van der Waals surface area contributed by atoms with Crippen LogP contribution in [-0.4, -0.2) is 68.1 Å². The molecule has 2 unspecified atom stereocenters. The van der Waals surface area contributed by atoms with E-state index in [1.54, 1.807) is 6.92 Å². The SMILES string of the molecule is CC(=O)N1CCNCC(c2cccc(C(c3ccccc3)N3CCNCC3)c2)C1. The number of benzene rings is 2. The van der Waals surface area contributed by atoms with E-state index in [-0.39, 0.29) is 11.9 Å². The molecule has 29 heavy (non-hydrogen) atoms. The van der Waals surface area contributed by atoms with E-state index >= 15 is 0 Å². The van der Waals surface area contributed by atoms with Gasteiger partial charge in [0.2, 0.25) is 5.91 Å². The van der Waals surface area contributed by atoms with E-state index in [1.165, 1.54) is 16.7 Å². The number of carbonyl (C=O) groups is 1. The zero-order valence-corrected chi connectivity index (χ0v) is 17.3. The third kappa shape index (κ3) is 4.86. The van der Waals surface area contributed by atoms with Gasteiger partial charge in [0.25, 0.3) is 0 Å². The first-order valence-corrected chi connectivity index (χ1v) is 10.8. The topological polar surface area (TPSA) is 47.6 Å². The first-order valence-electron chi connectivity index (χ1n) is 10.8. The summed E-state index contributed by atoms with van der Waals surface area (Å²) in [5.74, 6) is 0.485. The number of nitrogens with zero attached hydrogens (tertiary/aromatic N) is 2. The normalized spacial score (nSPS) is 22.1. The Morgan fingerprint density at radius 1 is 0.931 bits per heavy atom. The summed E-state index contributed by atoms with van der Waals surface area (Å²) in [6.45, 7) is 9.19. The van der Waals surface area contributed by atoms with Gasteiger partial charge in [-0.05, 0) is 16.7 Å². The minimum atomic E-state index is 0.165. The monoisotopic (exact) mass is 392 g/mol. The first kappa shape index (κ1) is 20.1. The number of rotatable bonds is 4. The third-order valence-corrected chi connectivity index (χ3v) is 6.17. The first-order chi connectivity index (χ1) is 14.2. The summed E-state index contributed by atoms with van der Waals surface area (Å²) >= 11 is 0. The molecule has 0 aromatic heterocycles. The molecular weight excluding hydrogens is 360 g/mol. The predicted molar refractivity (Wildman–Crippen MR) is 117 cm³/mol. The Labute approximate surface area is 174 Å². The van der Waals surface area contributed by atoms with Crippen molar-refractivity contribution in [1.29, 1.82) is 0 Å². The smallest absolute Gasteiger partial charge is 0.219 e. The van der Waals surface area contributed by atoms with E-state index < -0.39 is 0 Å². The van der Waals surface area contributed by atoms with Crippen molar-refractivity contribution in [3.63, 3.8) is 0 Å². The summed E-state index contributed by atoms with van der Waals surface area (Å²) in [6.07, 6.45) is 0. The van der Waals surface area contributed by atoms with Crippen molar-refractivity contribution in [3.8, 4) is 0 Å². The van der Waals surface area contributed by atoms with Crippen molar-refractivity contribution >= 4 is 5.91 Å². The molecule has 2 aromatic carbocycles. The number of carbonyl (C=O) groups excluding carboxylic acids is 1. The zero-order valence-electron chi connectivity index (χ0n) is 17.3. The molecule has 0 bridgehead atoms. The summed E-state index contributed by atoms with van der Waals surface area (Å²) in [7, 11) is 0.